The fraction of sp³-hybridized carbons (Fsp3) is 0.150. The molecule has 9 nitrogen and oxygen atoms in total. The molecule has 1 heterocycles. The number of halogens is 1. The summed E-state index contributed by atoms with van der Waals surface area (Å²) in [4.78, 5) is 22.1. The van der Waals surface area contributed by atoms with Gasteiger partial charge in [0.25, 0.3) is 0 Å². The highest BCUT2D eigenvalue weighted by Crippen LogP contribution is 2.32. The van der Waals surface area contributed by atoms with E-state index in [1.54, 1.807) is 44.6 Å². The molecule has 0 unspecified atom stereocenters. The van der Waals surface area contributed by atoms with Crippen molar-refractivity contribution in [1.82, 2.24) is 10.2 Å². The van der Waals surface area contributed by atoms with Gasteiger partial charge in [0.15, 0.2) is 0 Å². The predicted molar refractivity (Wildman–Crippen MR) is 113 cm³/mol. The van der Waals surface area contributed by atoms with Gasteiger partial charge in [-0.2, -0.15) is 4.39 Å². The van der Waals surface area contributed by atoms with Crippen LogP contribution in [0.2, 0.25) is 0 Å². The number of thioether (sulfide) groups is 1. The van der Waals surface area contributed by atoms with Crippen LogP contribution in [0.5, 0.6) is 11.5 Å². The van der Waals surface area contributed by atoms with E-state index < -0.39 is 22.3 Å². The van der Waals surface area contributed by atoms with Crippen LogP contribution in [0.15, 0.2) is 53.6 Å². The van der Waals surface area contributed by atoms with Gasteiger partial charge in [-0.15, -0.1) is 10.2 Å². The first-order chi connectivity index (χ1) is 14.9. The van der Waals surface area contributed by atoms with Gasteiger partial charge in [0, 0.05) is 17.3 Å². The van der Waals surface area contributed by atoms with E-state index in [0.717, 1.165) is 23.9 Å². The smallest absolute Gasteiger partial charge is 0.306 e. The molecule has 0 aliphatic rings. The molecule has 0 atom stereocenters. The summed E-state index contributed by atoms with van der Waals surface area (Å²) in [5, 5.41) is 22.1. The largest absolute Gasteiger partial charge is 0.497 e. The van der Waals surface area contributed by atoms with Gasteiger partial charge < -0.3 is 14.8 Å². The van der Waals surface area contributed by atoms with Crippen molar-refractivity contribution in [3.05, 3.63) is 64.5 Å². The van der Waals surface area contributed by atoms with E-state index >= 15 is 0 Å². The summed E-state index contributed by atoms with van der Waals surface area (Å²) in [6.45, 7) is 0. The van der Waals surface area contributed by atoms with Crippen LogP contribution >= 0.6 is 11.8 Å². The molecule has 31 heavy (non-hydrogen) atoms. The van der Waals surface area contributed by atoms with Crippen molar-refractivity contribution < 1.29 is 23.6 Å². The molecule has 0 bridgehead atoms. The van der Waals surface area contributed by atoms with Crippen molar-refractivity contribution in [2.45, 2.75) is 5.03 Å². The number of nitrogens with zero attached hydrogens (tertiary/aromatic N) is 3. The molecule has 160 valence electrons. The maximum absolute atomic E-state index is 13.4. The van der Waals surface area contributed by atoms with Crippen LogP contribution in [0.25, 0.3) is 11.3 Å². The van der Waals surface area contributed by atoms with E-state index in [4.69, 9.17) is 9.47 Å². The summed E-state index contributed by atoms with van der Waals surface area (Å²) in [6, 6.07) is 11.9. The lowest BCUT2D eigenvalue weighted by atomic mass is 10.1. The molecule has 2 aromatic carbocycles. The van der Waals surface area contributed by atoms with Crippen molar-refractivity contribution in [2.24, 2.45) is 0 Å². The SMILES string of the molecule is COc1ccc(OC)c(-c2ccc(SCC(=O)Nc3ccc(F)c([N+](=O)[O-])c3)nn2)c1. The predicted octanol–water partition coefficient (Wildman–Crippen LogP) is 3.94. The molecule has 3 aromatic rings. The number of hydrogen-bond donors (Lipinski definition) is 1. The Morgan fingerprint density at radius 2 is 1.94 bits per heavy atom. The van der Waals surface area contributed by atoms with Gasteiger partial charge >= 0.3 is 5.69 Å². The summed E-state index contributed by atoms with van der Waals surface area (Å²) in [6.07, 6.45) is 0. The van der Waals surface area contributed by atoms with E-state index in [-0.39, 0.29) is 11.4 Å². The first-order valence-corrected chi connectivity index (χ1v) is 9.82. The van der Waals surface area contributed by atoms with Crippen molar-refractivity contribution in [3.63, 3.8) is 0 Å². The topological polar surface area (TPSA) is 116 Å². The van der Waals surface area contributed by atoms with E-state index in [9.17, 15) is 19.3 Å². The number of hydrogen-bond acceptors (Lipinski definition) is 8. The average Bonchev–Trinajstić information content (AvgIpc) is 2.78. The minimum atomic E-state index is -0.972. The summed E-state index contributed by atoms with van der Waals surface area (Å²) < 4.78 is 24.0. The third-order valence-electron chi connectivity index (χ3n) is 4.10. The lowest BCUT2D eigenvalue weighted by Crippen LogP contribution is -2.14. The van der Waals surface area contributed by atoms with Gasteiger partial charge in [0.2, 0.25) is 11.7 Å². The third-order valence-corrected chi connectivity index (χ3v) is 5.02. The number of ether oxygens (including phenoxy) is 2. The Morgan fingerprint density at radius 1 is 1.13 bits per heavy atom. The fourth-order valence-electron chi connectivity index (χ4n) is 2.62. The number of nitro groups is 1. The van der Waals surface area contributed by atoms with Crippen molar-refractivity contribution in [1.29, 1.82) is 0 Å². The van der Waals surface area contributed by atoms with E-state index in [1.807, 2.05) is 0 Å². The number of amides is 1. The number of aromatic nitrogens is 2. The summed E-state index contributed by atoms with van der Waals surface area (Å²) >= 11 is 1.13. The normalized spacial score (nSPS) is 10.4. The van der Waals surface area contributed by atoms with Crippen LogP contribution in [0.4, 0.5) is 15.8 Å². The van der Waals surface area contributed by atoms with Crippen LogP contribution in [-0.2, 0) is 4.79 Å². The molecular weight excluding hydrogens is 427 g/mol. The van der Waals surface area contributed by atoms with Gasteiger partial charge in [0.05, 0.1) is 30.6 Å². The minimum Gasteiger partial charge on any atom is -0.497 e. The number of rotatable bonds is 8. The van der Waals surface area contributed by atoms with Crippen LogP contribution in [-0.4, -0.2) is 41.0 Å². The number of carbonyl (C=O) groups excluding carboxylic acids is 1. The Kier molecular flexibility index (Phi) is 6.98. The zero-order chi connectivity index (χ0) is 22.4. The molecule has 0 aliphatic carbocycles. The molecule has 1 amide bonds. The molecule has 11 heteroatoms. The monoisotopic (exact) mass is 444 g/mol. The fourth-order valence-corrected chi connectivity index (χ4v) is 3.24. The van der Waals surface area contributed by atoms with Crippen LogP contribution in [0.1, 0.15) is 0 Å². The number of methoxy groups -OCH3 is 2. The summed E-state index contributed by atoms with van der Waals surface area (Å²) in [5.41, 5.74) is 0.704. The van der Waals surface area contributed by atoms with Crippen LogP contribution in [0, 0.1) is 15.9 Å². The first kappa shape index (κ1) is 22.0. The second-order valence-electron chi connectivity index (χ2n) is 6.08. The van der Waals surface area contributed by atoms with Crippen LogP contribution in [0.3, 0.4) is 0 Å². The second-order valence-corrected chi connectivity index (χ2v) is 7.08. The third kappa shape index (κ3) is 5.45. The Labute approximate surface area is 180 Å². The molecule has 0 saturated carbocycles. The molecule has 1 aromatic heterocycles. The van der Waals surface area contributed by atoms with Gasteiger partial charge in [-0.25, -0.2) is 0 Å². The van der Waals surface area contributed by atoms with E-state index in [0.29, 0.717) is 27.8 Å². The number of nitrogens with one attached hydrogen (secondary N) is 1. The Balaban J connectivity index is 1.64. The molecule has 0 aliphatic heterocycles. The highest BCUT2D eigenvalue weighted by Gasteiger charge is 2.16. The Morgan fingerprint density at radius 3 is 2.58 bits per heavy atom. The first-order valence-electron chi connectivity index (χ1n) is 8.84. The van der Waals surface area contributed by atoms with Crippen molar-refractivity contribution >= 4 is 29.0 Å². The average molecular weight is 444 g/mol. The zero-order valence-corrected chi connectivity index (χ0v) is 17.3. The maximum Gasteiger partial charge on any atom is 0.306 e. The molecular formula is C20H17FN4O5S. The van der Waals surface area contributed by atoms with Gasteiger partial charge in [0.1, 0.15) is 16.5 Å². The standard InChI is InChI=1S/C20H17FN4O5S/c1-29-13-4-7-18(30-2)14(10-13)16-6-8-20(24-23-16)31-11-19(26)22-12-3-5-15(21)17(9-12)25(27)28/h3-10H,11H2,1-2H3,(H,22,26). The molecule has 0 radical (unpaired) electrons. The van der Waals surface area contributed by atoms with Crippen molar-refractivity contribution in [3.8, 4) is 22.8 Å². The highest BCUT2D eigenvalue weighted by molar-refractivity contribution is 7.99. The number of nitro benzene ring substituents is 1. The highest BCUT2D eigenvalue weighted by atomic mass is 32.2. The number of carbonyl (C=O) groups is 1. The minimum absolute atomic E-state index is 0.0122. The Bertz CT molecular complexity index is 1110. The second kappa shape index (κ2) is 9.85. The van der Waals surface area contributed by atoms with E-state index in [2.05, 4.69) is 15.5 Å². The van der Waals surface area contributed by atoms with Crippen LogP contribution < -0.4 is 14.8 Å². The summed E-state index contributed by atoms with van der Waals surface area (Å²) in [5.74, 6) is -0.148. The lowest BCUT2D eigenvalue weighted by molar-refractivity contribution is -0.387. The molecule has 3 rings (SSSR count). The number of anilines is 1. The van der Waals surface area contributed by atoms with E-state index in [1.165, 1.54) is 6.07 Å². The molecule has 0 saturated heterocycles. The lowest BCUT2D eigenvalue weighted by Gasteiger charge is -2.10. The van der Waals surface area contributed by atoms with Gasteiger partial charge in [-0.1, -0.05) is 11.8 Å². The van der Waals surface area contributed by atoms with Crippen molar-refractivity contribution in [2.75, 3.05) is 25.3 Å². The van der Waals surface area contributed by atoms with Gasteiger partial charge in [-0.05, 0) is 42.5 Å². The van der Waals surface area contributed by atoms with Gasteiger partial charge in [-0.3, -0.25) is 14.9 Å². The molecule has 1 N–H and O–H groups in total. The molecule has 0 fully saturated rings. The summed E-state index contributed by atoms with van der Waals surface area (Å²) in [7, 11) is 3.11. The maximum atomic E-state index is 13.4. The Hall–Kier alpha value is -3.73. The zero-order valence-electron chi connectivity index (χ0n) is 16.5. The number of benzene rings is 2. The molecule has 0 spiro atoms. The quantitative estimate of drug-likeness (QED) is 0.315.